The summed E-state index contributed by atoms with van der Waals surface area (Å²) in [5, 5.41) is 18.9. The molecule has 0 aliphatic rings. The Morgan fingerprint density at radius 1 is 0.758 bits per heavy atom. The highest BCUT2D eigenvalue weighted by Crippen LogP contribution is 2.32. The Hall–Kier alpha value is -2.82. The second-order valence-electron chi connectivity index (χ2n) is 9.70. The third-order valence-corrected chi connectivity index (χ3v) is 5.81. The van der Waals surface area contributed by atoms with Crippen molar-refractivity contribution in [3.05, 3.63) is 63.2 Å². The average Bonchev–Trinajstić information content (AvgIpc) is 2.72. The van der Waals surface area contributed by atoms with Crippen molar-refractivity contribution in [2.75, 3.05) is 7.11 Å². The normalized spacial score (nSPS) is 11.1. The number of esters is 1. The second kappa shape index (κ2) is 11.9. The molecule has 2 aromatic carbocycles. The molecule has 2 rings (SSSR count). The highest BCUT2D eigenvalue weighted by atomic mass is 16.5. The second-order valence-corrected chi connectivity index (χ2v) is 9.70. The molecule has 0 saturated heterocycles. The van der Waals surface area contributed by atoms with Gasteiger partial charge in [-0.1, -0.05) is 61.5 Å². The lowest BCUT2D eigenvalue weighted by atomic mass is 9.88. The molecule has 33 heavy (non-hydrogen) atoms. The molecule has 0 heterocycles. The summed E-state index contributed by atoms with van der Waals surface area (Å²) in [6.07, 6.45) is 0. The standard InChI is InChI=1S/C14H20O3.C14H20O2/c1-8(2)11-6-10(15)7-12(9(3)4)13(11)14(16)17-5;1-8(2)11-6-12(9(3)4)10(5)13(7-11)14(15)16/h6-9,15H,1-5H3;6-9H,1-5H3,(H,15,16). The molecule has 0 aliphatic heterocycles. The Morgan fingerprint density at radius 3 is 1.55 bits per heavy atom. The van der Waals surface area contributed by atoms with Gasteiger partial charge in [-0.15, -0.1) is 0 Å². The fourth-order valence-corrected chi connectivity index (χ4v) is 3.83. The molecule has 0 saturated carbocycles. The molecule has 5 heteroatoms. The van der Waals surface area contributed by atoms with E-state index in [0.717, 1.165) is 27.8 Å². The number of carboxylic acid groups (broad SMARTS) is 1. The molecular formula is C28H40O5. The number of carbonyl (C=O) groups excluding carboxylic acids is 1. The van der Waals surface area contributed by atoms with Gasteiger partial charge in [-0.2, -0.15) is 0 Å². The van der Waals surface area contributed by atoms with Gasteiger partial charge in [0.15, 0.2) is 0 Å². The van der Waals surface area contributed by atoms with Crippen LogP contribution in [0.4, 0.5) is 0 Å². The Labute approximate surface area is 198 Å². The van der Waals surface area contributed by atoms with Gasteiger partial charge in [0.25, 0.3) is 0 Å². The van der Waals surface area contributed by atoms with E-state index in [1.54, 1.807) is 18.2 Å². The maximum Gasteiger partial charge on any atom is 0.338 e. The molecular weight excluding hydrogens is 416 g/mol. The van der Waals surface area contributed by atoms with Crippen molar-refractivity contribution in [2.24, 2.45) is 0 Å². The van der Waals surface area contributed by atoms with E-state index >= 15 is 0 Å². The molecule has 5 nitrogen and oxygen atoms in total. The number of aromatic hydroxyl groups is 1. The van der Waals surface area contributed by atoms with Crippen LogP contribution in [0.15, 0.2) is 24.3 Å². The fraction of sp³-hybridized carbons (Fsp3) is 0.500. The summed E-state index contributed by atoms with van der Waals surface area (Å²) in [7, 11) is 1.38. The topological polar surface area (TPSA) is 83.8 Å². The molecule has 0 radical (unpaired) electrons. The number of ether oxygens (including phenoxy) is 1. The van der Waals surface area contributed by atoms with Gasteiger partial charge >= 0.3 is 11.9 Å². The van der Waals surface area contributed by atoms with Crippen LogP contribution < -0.4 is 0 Å². The number of rotatable bonds is 6. The van der Waals surface area contributed by atoms with Crippen LogP contribution in [-0.4, -0.2) is 29.3 Å². The Bertz CT molecular complexity index is 955. The van der Waals surface area contributed by atoms with Crippen molar-refractivity contribution in [1.29, 1.82) is 0 Å². The Kier molecular flexibility index (Phi) is 10.1. The van der Waals surface area contributed by atoms with E-state index in [2.05, 4.69) is 33.8 Å². The van der Waals surface area contributed by atoms with E-state index in [9.17, 15) is 19.8 Å². The summed E-state index contributed by atoms with van der Waals surface area (Å²) in [4.78, 5) is 23.0. The first-order chi connectivity index (χ1) is 15.2. The summed E-state index contributed by atoms with van der Waals surface area (Å²) in [6, 6.07) is 7.22. The number of carbonyl (C=O) groups is 2. The summed E-state index contributed by atoms with van der Waals surface area (Å²) in [5.74, 6) is 0.0692. The summed E-state index contributed by atoms with van der Waals surface area (Å²) < 4.78 is 4.84. The predicted octanol–water partition coefficient (Wildman–Crippen LogP) is 7.37. The van der Waals surface area contributed by atoms with Crippen molar-refractivity contribution in [1.82, 2.24) is 0 Å². The molecule has 0 aliphatic carbocycles. The van der Waals surface area contributed by atoms with Crippen LogP contribution in [0.2, 0.25) is 0 Å². The summed E-state index contributed by atoms with van der Waals surface area (Å²) >= 11 is 0. The monoisotopic (exact) mass is 456 g/mol. The Morgan fingerprint density at radius 2 is 1.21 bits per heavy atom. The van der Waals surface area contributed by atoms with Crippen LogP contribution in [-0.2, 0) is 4.74 Å². The molecule has 0 unspecified atom stereocenters. The largest absolute Gasteiger partial charge is 0.508 e. The fourth-order valence-electron chi connectivity index (χ4n) is 3.83. The van der Waals surface area contributed by atoms with E-state index in [1.165, 1.54) is 7.11 Å². The minimum atomic E-state index is -0.832. The smallest absolute Gasteiger partial charge is 0.338 e. The number of hydrogen-bond acceptors (Lipinski definition) is 4. The van der Waals surface area contributed by atoms with Crippen LogP contribution in [0.5, 0.6) is 5.75 Å². The first-order valence-electron chi connectivity index (χ1n) is 11.6. The van der Waals surface area contributed by atoms with Crippen LogP contribution in [0, 0.1) is 6.92 Å². The number of benzene rings is 2. The lowest BCUT2D eigenvalue weighted by Gasteiger charge is -2.18. The minimum Gasteiger partial charge on any atom is -0.508 e. The third kappa shape index (κ3) is 7.08. The van der Waals surface area contributed by atoms with Crippen molar-refractivity contribution in [3.63, 3.8) is 0 Å². The summed E-state index contributed by atoms with van der Waals surface area (Å²) in [5.41, 5.74) is 5.84. The van der Waals surface area contributed by atoms with Crippen molar-refractivity contribution < 1.29 is 24.5 Å². The van der Waals surface area contributed by atoms with Crippen molar-refractivity contribution >= 4 is 11.9 Å². The van der Waals surface area contributed by atoms with E-state index in [4.69, 9.17) is 4.74 Å². The average molecular weight is 457 g/mol. The molecule has 182 valence electrons. The first kappa shape index (κ1) is 28.2. The van der Waals surface area contributed by atoms with E-state index < -0.39 is 5.97 Å². The quantitative estimate of drug-likeness (QED) is 0.443. The van der Waals surface area contributed by atoms with Crippen molar-refractivity contribution in [3.8, 4) is 5.75 Å². The van der Waals surface area contributed by atoms with Gasteiger partial charge in [0, 0.05) is 0 Å². The maximum absolute atomic E-state index is 11.9. The van der Waals surface area contributed by atoms with Gasteiger partial charge in [0.1, 0.15) is 5.75 Å². The molecule has 0 bridgehead atoms. The zero-order valence-electron chi connectivity index (χ0n) is 21.7. The number of phenolic OH excluding ortho intramolecular Hbond substituents is 1. The molecule has 2 N–H and O–H groups in total. The van der Waals surface area contributed by atoms with Crippen molar-refractivity contribution in [2.45, 2.75) is 86.0 Å². The molecule has 0 fully saturated rings. The van der Waals surface area contributed by atoms with Crippen LogP contribution >= 0.6 is 0 Å². The van der Waals surface area contributed by atoms with Crippen LogP contribution in [0.1, 0.15) is 128 Å². The predicted molar refractivity (Wildman–Crippen MR) is 134 cm³/mol. The molecule has 0 aromatic heterocycles. The molecule has 0 spiro atoms. The van der Waals surface area contributed by atoms with Gasteiger partial charge in [-0.25, -0.2) is 9.59 Å². The molecule has 0 atom stereocenters. The van der Waals surface area contributed by atoms with Crippen LogP contribution in [0.3, 0.4) is 0 Å². The van der Waals surface area contributed by atoms with Gasteiger partial charge < -0.3 is 14.9 Å². The Balaban J connectivity index is 0.000000331. The summed E-state index contributed by atoms with van der Waals surface area (Å²) in [6.45, 7) is 18.2. The third-order valence-electron chi connectivity index (χ3n) is 5.81. The van der Waals surface area contributed by atoms with Gasteiger partial charge in [-0.3, -0.25) is 0 Å². The number of hydrogen-bond donors (Lipinski definition) is 2. The number of methoxy groups -OCH3 is 1. The maximum atomic E-state index is 11.9. The van der Waals surface area contributed by atoms with Gasteiger partial charge in [-0.05, 0) is 76.6 Å². The molecule has 2 aromatic rings. The zero-order valence-corrected chi connectivity index (χ0v) is 21.7. The SMILES string of the molecule is COC(=O)c1c(C(C)C)cc(O)cc1C(C)C.Cc1c(C(=O)O)cc(C(C)C)cc1C(C)C. The highest BCUT2D eigenvalue weighted by Gasteiger charge is 2.22. The number of aromatic carboxylic acids is 1. The lowest BCUT2D eigenvalue weighted by molar-refractivity contribution is 0.0596. The minimum absolute atomic E-state index is 0.161. The number of carboxylic acids is 1. The van der Waals surface area contributed by atoms with Crippen LogP contribution in [0.25, 0.3) is 0 Å². The number of phenols is 1. The molecule has 0 amide bonds. The van der Waals surface area contributed by atoms with E-state index in [0.29, 0.717) is 23.0 Å². The van der Waals surface area contributed by atoms with E-state index in [-0.39, 0.29) is 23.6 Å². The zero-order chi connectivity index (χ0) is 25.6. The lowest BCUT2D eigenvalue weighted by Crippen LogP contribution is -2.11. The van der Waals surface area contributed by atoms with Gasteiger partial charge in [0.05, 0.1) is 18.2 Å². The first-order valence-corrected chi connectivity index (χ1v) is 11.6. The highest BCUT2D eigenvalue weighted by molar-refractivity contribution is 5.93. The van der Waals surface area contributed by atoms with Gasteiger partial charge in [0.2, 0.25) is 0 Å². The van der Waals surface area contributed by atoms with E-state index in [1.807, 2.05) is 34.6 Å².